The average Bonchev–Trinajstić information content (AvgIpc) is 3.45. The van der Waals surface area contributed by atoms with E-state index in [-0.39, 0.29) is 0 Å². The van der Waals surface area contributed by atoms with Crippen LogP contribution in [-0.4, -0.2) is 15.5 Å². The number of carbonyl (C=O) groups excluding carboxylic acids is 1. The number of nitrogens with two attached hydrogens (primary N) is 1. The van der Waals surface area contributed by atoms with Crippen molar-refractivity contribution >= 4 is 33.7 Å². The smallest absolute Gasteiger partial charge is 0.250 e. The van der Waals surface area contributed by atoms with Gasteiger partial charge in [0.1, 0.15) is 5.76 Å². The molecule has 4 heterocycles. The second-order valence-corrected chi connectivity index (χ2v) is 8.24. The number of carbonyl (C=O) groups is 1. The molecule has 0 atom stereocenters. The summed E-state index contributed by atoms with van der Waals surface area (Å²) in [5.41, 5.74) is 8.73. The van der Waals surface area contributed by atoms with E-state index < -0.39 is 5.91 Å². The number of aryl methyl sites for hydroxylation is 1. The highest BCUT2D eigenvalue weighted by atomic mass is 32.1. The third kappa shape index (κ3) is 3.88. The zero-order valence-electron chi connectivity index (χ0n) is 15.3. The molecule has 4 rings (SSSR count). The van der Waals surface area contributed by atoms with Gasteiger partial charge in [-0.15, -0.1) is 22.7 Å². The minimum Gasteiger partial charge on any atom is -0.467 e. The number of nitrogens with zero attached hydrogens (tertiary/aromatic N) is 2. The molecule has 0 saturated heterocycles. The Morgan fingerprint density at radius 1 is 1.32 bits per heavy atom. The lowest BCUT2D eigenvalue weighted by Crippen LogP contribution is -2.13. The molecule has 0 saturated carbocycles. The highest BCUT2D eigenvalue weighted by Crippen LogP contribution is 2.30. The van der Waals surface area contributed by atoms with Crippen molar-refractivity contribution in [3.8, 4) is 11.4 Å². The van der Waals surface area contributed by atoms with Crippen molar-refractivity contribution in [3.05, 3.63) is 69.2 Å². The van der Waals surface area contributed by atoms with E-state index in [1.54, 1.807) is 17.6 Å². The highest BCUT2D eigenvalue weighted by molar-refractivity contribution is 7.14. The summed E-state index contributed by atoms with van der Waals surface area (Å²) in [6.07, 6.45) is 2.55. The fraction of sp³-hybridized carbons (Fsp3) is 0.200. The number of amides is 1. The first-order valence-corrected chi connectivity index (χ1v) is 10.6. The minimum absolute atomic E-state index is 0.417. The first kappa shape index (κ1) is 18.5. The van der Waals surface area contributed by atoms with E-state index in [0.29, 0.717) is 12.1 Å². The monoisotopic (exact) mass is 412 g/mol. The molecular formula is C20H20N4O2S2. The fourth-order valence-corrected chi connectivity index (χ4v) is 4.52. The molecule has 144 valence electrons. The number of thiazole rings is 1. The molecule has 6 nitrogen and oxygen atoms in total. The molecule has 0 radical (unpaired) electrons. The van der Waals surface area contributed by atoms with Gasteiger partial charge in [-0.1, -0.05) is 6.07 Å². The predicted molar refractivity (Wildman–Crippen MR) is 113 cm³/mol. The zero-order chi connectivity index (χ0) is 19.5. The lowest BCUT2D eigenvalue weighted by atomic mass is 10.2. The molecule has 4 aromatic heterocycles. The van der Waals surface area contributed by atoms with E-state index in [1.165, 1.54) is 16.2 Å². The second-order valence-electron chi connectivity index (χ2n) is 6.34. The summed E-state index contributed by atoms with van der Waals surface area (Å²) in [5, 5.41) is 8.14. The molecule has 0 aliphatic heterocycles. The fourth-order valence-electron chi connectivity index (χ4n) is 3.12. The standard InChI is InChI=1S/C20H20N4O2S2/c1-13-16(19(21)25)10-18(24(13)7-6-15-5-3-9-27-15)17-12-28-20(23-17)22-11-14-4-2-8-26-14/h2-5,8-10,12H,6-7,11H2,1H3,(H2,21,25)(H,22,23). The lowest BCUT2D eigenvalue weighted by molar-refractivity contribution is 0.0999. The quantitative estimate of drug-likeness (QED) is 0.445. The largest absolute Gasteiger partial charge is 0.467 e. The van der Waals surface area contributed by atoms with Crippen molar-refractivity contribution in [1.82, 2.24) is 9.55 Å². The van der Waals surface area contributed by atoms with Crippen LogP contribution in [0.2, 0.25) is 0 Å². The number of anilines is 1. The minimum atomic E-state index is -0.417. The van der Waals surface area contributed by atoms with E-state index in [1.807, 2.05) is 30.5 Å². The average molecular weight is 413 g/mol. The molecule has 4 aromatic rings. The molecule has 0 aromatic carbocycles. The summed E-state index contributed by atoms with van der Waals surface area (Å²) in [5.74, 6) is 0.433. The Labute approximate surface area is 170 Å². The van der Waals surface area contributed by atoms with E-state index in [4.69, 9.17) is 15.1 Å². The van der Waals surface area contributed by atoms with Crippen molar-refractivity contribution in [1.29, 1.82) is 0 Å². The Morgan fingerprint density at radius 2 is 2.21 bits per heavy atom. The maximum atomic E-state index is 11.9. The summed E-state index contributed by atoms with van der Waals surface area (Å²) in [4.78, 5) is 17.9. The van der Waals surface area contributed by atoms with Crippen LogP contribution < -0.4 is 11.1 Å². The highest BCUT2D eigenvalue weighted by Gasteiger charge is 2.18. The van der Waals surface area contributed by atoms with Gasteiger partial charge in [0.15, 0.2) is 5.13 Å². The van der Waals surface area contributed by atoms with Crippen LogP contribution in [0.25, 0.3) is 11.4 Å². The van der Waals surface area contributed by atoms with E-state index in [0.717, 1.165) is 40.9 Å². The van der Waals surface area contributed by atoms with Gasteiger partial charge in [0.05, 0.1) is 29.8 Å². The zero-order valence-corrected chi connectivity index (χ0v) is 17.0. The second kappa shape index (κ2) is 8.04. The van der Waals surface area contributed by atoms with Crippen LogP contribution in [0.1, 0.15) is 26.7 Å². The number of thiophene rings is 1. The molecule has 8 heteroatoms. The molecule has 0 bridgehead atoms. The molecule has 1 amide bonds. The number of nitrogens with one attached hydrogen (secondary N) is 1. The number of rotatable bonds is 8. The van der Waals surface area contributed by atoms with Gasteiger partial charge in [0, 0.05) is 22.5 Å². The van der Waals surface area contributed by atoms with Crippen molar-refractivity contribution in [2.45, 2.75) is 26.4 Å². The van der Waals surface area contributed by atoms with E-state index >= 15 is 0 Å². The van der Waals surface area contributed by atoms with Crippen molar-refractivity contribution in [3.63, 3.8) is 0 Å². The molecule has 0 fully saturated rings. The van der Waals surface area contributed by atoms with Crippen LogP contribution in [0.5, 0.6) is 0 Å². The maximum absolute atomic E-state index is 11.9. The van der Waals surface area contributed by atoms with Gasteiger partial charge in [-0.05, 0) is 43.0 Å². The molecular weight excluding hydrogens is 392 g/mol. The third-order valence-corrected chi connectivity index (χ3v) is 6.29. The first-order chi connectivity index (χ1) is 13.6. The Kier molecular flexibility index (Phi) is 5.31. The van der Waals surface area contributed by atoms with Gasteiger partial charge >= 0.3 is 0 Å². The molecule has 0 spiro atoms. The number of aromatic nitrogens is 2. The Hall–Kier alpha value is -2.84. The maximum Gasteiger partial charge on any atom is 0.250 e. The van der Waals surface area contributed by atoms with E-state index in [9.17, 15) is 4.79 Å². The summed E-state index contributed by atoms with van der Waals surface area (Å²) in [6.45, 7) is 3.27. The number of hydrogen-bond donors (Lipinski definition) is 2. The molecule has 3 N–H and O–H groups in total. The topological polar surface area (TPSA) is 86.1 Å². The molecule has 28 heavy (non-hydrogen) atoms. The lowest BCUT2D eigenvalue weighted by Gasteiger charge is -2.10. The van der Waals surface area contributed by atoms with Gasteiger partial charge in [-0.2, -0.15) is 0 Å². The van der Waals surface area contributed by atoms with Gasteiger partial charge < -0.3 is 20.0 Å². The van der Waals surface area contributed by atoms with Crippen LogP contribution >= 0.6 is 22.7 Å². The molecule has 0 aliphatic carbocycles. The summed E-state index contributed by atoms with van der Waals surface area (Å²) in [7, 11) is 0. The van der Waals surface area contributed by atoms with Gasteiger partial charge in [0.2, 0.25) is 0 Å². The summed E-state index contributed by atoms with van der Waals surface area (Å²) >= 11 is 3.26. The predicted octanol–water partition coefficient (Wildman–Crippen LogP) is 4.53. The van der Waals surface area contributed by atoms with Crippen molar-refractivity contribution < 1.29 is 9.21 Å². The molecule has 0 unspecified atom stereocenters. The van der Waals surface area contributed by atoms with Crippen LogP contribution in [-0.2, 0) is 19.5 Å². The normalized spacial score (nSPS) is 11.0. The van der Waals surface area contributed by atoms with Crippen LogP contribution in [0.3, 0.4) is 0 Å². The first-order valence-electron chi connectivity index (χ1n) is 8.86. The van der Waals surface area contributed by atoms with Gasteiger partial charge in [-0.25, -0.2) is 4.98 Å². The van der Waals surface area contributed by atoms with E-state index in [2.05, 4.69) is 27.4 Å². The van der Waals surface area contributed by atoms with Crippen LogP contribution in [0.4, 0.5) is 5.13 Å². The number of hydrogen-bond acceptors (Lipinski definition) is 6. The molecule has 0 aliphatic rings. The summed E-state index contributed by atoms with van der Waals surface area (Å²) < 4.78 is 7.47. The SMILES string of the molecule is Cc1c(C(N)=O)cc(-c2csc(NCc3ccco3)n2)n1CCc1cccs1. The third-order valence-electron chi connectivity index (χ3n) is 4.55. The Balaban J connectivity index is 1.58. The Bertz CT molecular complexity index is 1060. The number of furan rings is 1. The van der Waals surface area contributed by atoms with Gasteiger partial charge in [0.25, 0.3) is 5.91 Å². The van der Waals surface area contributed by atoms with Crippen LogP contribution in [0, 0.1) is 6.92 Å². The van der Waals surface area contributed by atoms with Crippen LogP contribution in [0.15, 0.2) is 51.8 Å². The van der Waals surface area contributed by atoms with Crippen molar-refractivity contribution in [2.24, 2.45) is 5.73 Å². The number of primary amides is 1. The van der Waals surface area contributed by atoms with Crippen molar-refractivity contribution in [2.75, 3.05) is 5.32 Å². The summed E-state index contributed by atoms with van der Waals surface area (Å²) in [6, 6.07) is 9.80. The van der Waals surface area contributed by atoms with Gasteiger partial charge in [-0.3, -0.25) is 4.79 Å². The Morgan fingerprint density at radius 3 is 2.93 bits per heavy atom.